The molecule has 0 unspecified atom stereocenters. The van der Waals surface area contributed by atoms with Gasteiger partial charge in [0.1, 0.15) is 10.7 Å². The number of hydrogen-bond donors (Lipinski definition) is 2. The second kappa shape index (κ2) is 10.2. The minimum absolute atomic E-state index is 0.280. The van der Waals surface area contributed by atoms with Gasteiger partial charge in [-0.05, 0) is 26.7 Å². The molecule has 0 radical (unpaired) electrons. The summed E-state index contributed by atoms with van der Waals surface area (Å²) >= 11 is 0. The fraction of sp³-hybridized carbons (Fsp3) is 0.929. The first-order valence-corrected chi connectivity index (χ1v) is 8.40. The van der Waals surface area contributed by atoms with Gasteiger partial charge in [-0.2, -0.15) is 0 Å². The predicted octanol–water partition coefficient (Wildman–Crippen LogP) is 3.36. The largest absolute Gasteiger partial charge is 0.481 e. The van der Waals surface area contributed by atoms with E-state index in [2.05, 4.69) is 0 Å². The maximum absolute atomic E-state index is 10.9. The molecule has 0 rings (SSSR count). The molecular formula is C14H28O4S. The molecular weight excluding hydrogens is 264 g/mol. The number of rotatable bonds is 12. The van der Waals surface area contributed by atoms with Crippen LogP contribution in [0.5, 0.6) is 0 Å². The maximum Gasteiger partial charge on any atom is 0.303 e. The van der Waals surface area contributed by atoms with Crippen molar-refractivity contribution in [2.75, 3.05) is 0 Å². The quantitative estimate of drug-likeness (QED) is 0.427. The summed E-state index contributed by atoms with van der Waals surface area (Å²) in [4.78, 5) is 10.3. The zero-order valence-corrected chi connectivity index (χ0v) is 13.1. The number of carboxylic acid groups (broad SMARTS) is 1. The van der Waals surface area contributed by atoms with E-state index in [-0.39, 0.29) is 6.42 Å². The van der Waals surface area contributed by atoms with Gasteiger partial charge in [0.25, 0.3) is 0 Å². The van der Waals surface area contributed by atoms with Crippen molar-refractivity contribution in [2.45, 2.75) is 82.8 Å². The van der Waals surface area contributed by atoms with Crippen LogP contribution >= 0.6 is 0 Å². The lowest BCUT2D eigenvalue weighted by atomic mass is 10.0. The monoisotopic (exact) mass is 292 g/mol. The molecule has 0 aromatic carbocycles. The van der Waals surface area contributed by atoms with Crippen LogP contribution < -0.4 is 0 Å². The molecule has 0 spiro atoms. The van der Waals surface area contributed by atoms with E-state index in [9.17, 15) is 13.2 Å². The third-order valence-corrected chi connectivity index (χ3v) is 4.64. The van der Waals surface area contributed by atoms with Gasteiger partial charge in [0.05, 0.1) is 4.75 Å². The Labute approximate surface area is 118 Å². The highest BCUT2D eigenvalue weighted by atomic mass is 32.2. The Balaban J connectivity index is 3.30. The standard InChI is InChI=1S/C14H28O4S/c1-14(2,19(17)18)12-10-8-6-4-3-5-7-9-11-13(15)16/h19H,3-12H2,1-2H3,(H,15,16). The van der Waals surface area contributed by atoms with E-state index in [1.54, 1.807) is 13.8 Å². The number of thiol groups is 1. The third-order valence-electron chi connectivity index (χ3n) is 3.42. The van der Waals surface area contributed by atoms with E-state index in [0.717, 1.165) is 57.8 Å². The average Bonchev–Trinajstić information content (AvgIpc) is 2.30. The van der Waals surface area contributed by atoms with Crippen LogP contribution in [0, 0.1) is 0 Å². The molecule has 5 heteroatoms. The van der Waals surface area contributed by atoms with E-state index < -0.39 is 21.4 Å². The van der Waals surface area contributed by atoms with Gasteiger partial charge in [0.2, 0.25) is 0 Å². The summed E-state index contributed by atoms with van der Waals surface area (Å²) in [5.74, 6) is -0.709. The zero-order chi connectivity index (χ0) is 14.7. The Bertz CT molecular complexity index is 313. The molecule has 0 amide bonds. The second-order valence-electron chi connectivity index (χ2n) is 5.79. The van der Waals surface area contributed by atoms with Crippen LogP contribution in [0.3, 0.4) is 0 Å². The Morgan fingerprint density at radius 2 is 1.32 bits per heavy atom. The molecule has 0 bridgehead atoms. The summed E-state index contributed by atoms with van der Waals surface area (Å²) in [6.07, 6.45) is 9.41. The maximum atomic E-state index is 10.9. The van der Waals surface area contributed by atoms with Crippen molar-refractivity contribution in [1.29, 1.82) is 0 Å². The molecule has 0 aromatic heterocycles. The molecule has 1 N–H and O–H groups in total. The molecule has 0 heterocycles. The predicted molar refractivity (Wildman–Crippen MR) is 78.2 cm³/mol. The molecule has 0 aliphatic heterocycles. The number of unbranched alkanes of at least 4 members (excludes halogenated alkanes) is 7. The summed E-state index contributed by atoms with van der Waals surface area (Å²) in [7, 11) is -2.33. The van der Waals surface area contributed by atoms with E-state index in [4.69, 9.17) is 5.11 Å². The normalized spacial score (nSPS) is 11.9. The molecule has 0 aliphatic carbocycles. The van der Waals surface area contributed by atoms with Crippen molar-refractivity contribution < 1.29 is 18.3 Å². The molecule has 4 nitrogen and oxygen atoms in total. The summed E-state index contributed by atoms with van der Waals surface area (Å²) in [5, 5.41) is 8.47. The highest BCUT2D eigenvalue weighted by molar-refractivity contribution is 7.74. The lowest BCUT2D eigenvalue weighted by Gasteiger charge is -2.16. The minimum atomic E-state index is -2.33. The topological polar surface area (TPSA) is 71.4 Å². The zero-order valence-electron chi connectivity index (χ0n) is 12.2. The molecule has 114 valence electrons. The van der Waals surface area contributed by atoms with Crippen LogP contribution in [-0.2, 0) is 15.5 Å². The van der Waals surface area contributed by atoms with Crippen molar-refractivity contribution in [1.82, 2.24) is 0 Å². The van der Waals surface area contributed by atoms with Crippen molar-refractivity contribution in [3.05, 3.63) is 0 Å². The van der Waals surface area contributed by atoms with Gasteiger partial charge >= 0.3 is 5.97 Å². The van der Waals surface area contributed by atoms with Gasteiger partial charge < -0.3 is 5.11 Å². The van der Waals surface area contributed by atoms with Crippen molar-refractivity contribution in [2.24, 2.45) is 0 Å². The fourth-order valence-electron chi connectivity index (χ4n) is 1.99. The first kappa shape index (κ1) is 18.4. The van der Waals surface area contributed by atoms with Crippen molar-refractivity contribution >= 4 is 16.7 Å². The van der Waals surface area contributed by atoms with Crippen LogP contribution in [0.25, 0.3) is 0 Å². The van der Waals surface area contributed by atoms with Gasteiger partial charge in [-0.1, -0.05) is 44.9 Å². The minimum Gasteiger partial charge on any atom is -0.481 e. The Morgan fingerprint density at radius 3 is 1.74 bits per heavy atom. The molecule has 0 saturated heterocycles. The summed E-state index contributed by atoms with van der Waals surface area (Å²) in [6.45, 7) is 3.56. The lowest BCUT2D eigenvalue weighted by molar-refractivity contribution is -0.137. The Kier molecular flexibility index (Phi) is 9.92. The van der Waals surface area contributed by atoms with E-state index in [1.807, 2.05) is 0 Å². The van der Waals surface area contributed by atoms with Gasteiger partial charge in [-0.15, -0.1) is 0 Å². The molecule has 19 heavy (non-hydrogen) atoms. The molecule has 0 atom stereocenters. The van der Waals surface area contributed by atoms with E-state index in [0.29, 0.717) is 0 Å². The van der Waals surface area contributed by atoms with Gasteiger partial charge in [-0.25, -0.2) is 8.42 Å². The van der Waals surface area contributed by atoms with E-state index >= 15 is 0 Å². The number of hydrogen-bond acceptors (Lipinski definition) is 3. The fourth-order valence-corrected chi connectivity index (χ4v) is 2.33. The SMILES string of the molecule is CC(C)(CCCCCCCCCCC(=O)O)[SH](=O)=O. The van der Waals surface area contributed by atoms with Crippen LogP contribution in [0.15, 0.2) is 0 Å². The Morgan fingerprint density at radius 1 is 0.895 bits per heavy atom. The van der Waals surface area contributed by atoms with Gasteiger partial charge in [0.15, 0.2) is 0 Å². The molecule has 0 saturated carbocycles. The van der Waals surface area contributed by atoms with Crippen LogP contribution in [0.1, 0.15) is 78.1 Å². The third kappa shape index (κ3) is 11.0. The molecule has 0 aliphatic rings. The molecule has 0 fully saturated rings. The van der Waals surface area contributed by atoms with Crippen molar-refractivity contribution in [3.8, 4) is 0 Å². The highest BCUT2D eigenvalue weighted by Gasteiger charge is 2.20. The average molecular weight is 292 g/mol. The summed E-state index contributed by atoms with van der Waals surface area (Å²) < 4.78 is 21.3. The summed E-state index contributed by atoms with van der Waals surface area (Å²) in [6, 6.07) is 0. The molecule has 0 aromatic rings. The lowest BCUT2D eigenvalue weighted by Crippen LogP contribution is -2.21. The first-order valence-electron chi connectivity index (χ1n) is 7.22. The van der Waals surface area contributed by atoms with Gasteiger partial charge in [0, 0.05) is 6.42 Å². The van der Waals surface area contributed by atoms with Crippen molar-refractivity contribution in [3.63, 3.8) is 0 Å². The van der Waals surface area contributed by atoms with Crippen LogP contribution in [0.2, 0.25) is 0 Å². The highest BCUT2D eigenvalue weighted by Crippen LogP contribution is 2.18. The van der Waals surface area contributed by atoms with Crippen LogP contribution in [0.4, 0.5) is 0 Å². The van der Waals surface area contributed by atoms with Gasteiger partial charge in [-0.3, -0.25) is 4.79 Å². The number of carboxylic acids is 1. The second-order valence-corrected chi connectivity index (χ2v) is 7.52. The first-order chi connectivity index (χ1) is 8.86. The smallest absolute Gasteiger partial charge is 0.303 e. The number of aliphatic carboxylic acids is 1. The van der Waals surface area contributed by atoms with Crippen LogP contribution in [-0.4, -0.2) is 24.2 Å². The summed E-state index contributed by atoms with van der Waals surface area (Å²) in [5.41, 5.74) is 0. The van der Waals surface area contributed by atoms with E-state index in [1.165, 1.54) is 0 Å². The number of carbonyl (C=O) groups is 1. The Hall–Kier alpha value is -0.580.